The minimum absolute atomic E-state index is 0.0244. The quantitative estimate of drug-likeness (QED) is 0.851. The van der Waals surface area contributed by atoms with Crippen molar-refractivity contribution in [1.29, 1.82) is 0 Å². The van der Waals surface area contributed by atoms with E-state index >= 15 is 0 Å². The van der Waals surface area contributed by atoms with Crippen LogP contribution in [-0.4, -0.2) is 38.2 Å². The topological polar surface area (TPSA) is 24.5 Å². The Morgan fingerprint density at radius 1 is 1.12 bits per heavy atom. The van der Waals surface area contributed by atoms with Crippen molar-refractivity contribution in [3.05, 3.63) is 63.9 Å². The second-order valence-corrected chi connectivity index (χ2v) is 6.90. The van der Waals surface area contributed by atoms with Crippen molar-refractivity contribution >= 4 is 15.9 Å². The van der Waals surface area contributed by atoms with E-state index in [9.17, 15) is 4.39 Å². The monoisotopic (exact) mass is 392 g/mol. The molecule has 0 spiro atoms. The SMILES string of the molecule is COc1ccc(F)cc1C(c1ccc(Br)cc1)N1CCCNCC1. The molecular weight excluding hydrogens is 371 g/mol. The number of ether oxygens (including phenoxy) is 1. The maximum Gasteiger partial charge on any atom is 0.124 e. The Kier molecular flexibility index (Phi) is 5.87. The van der Waals surface area contributed by atoms with Crippen molar-refractivity contribution < 1.29 is 9.13 Å². The molecule has 0 saturated carbocycles. The minimum Gasteiger partial charge on any atom is -0.496 e. The van der Waals surface area contributed by atoms with Crippen LogP contribution in [0.3, 0.4) is 0 Å². The van der Waals surface area contributed by atoms with E-state index in [0.29, 0.717) is 0 Å². The molecule has 5 heteroatoms. The van der Waals surface area contributed by atoms with Crippen molar-refractivity contribution in [1.82, 2.24) is 10.2 Å². The normalized spacial score (nSPS) is 17.3. The van der Waals surface area contributed by atoms with Crippen LogP contribution in [0.4, 0.5) is 4.39 Å². The van der Waals surface area contributed by atoms with E-state index in [-0.39, 0.29) is 11.9 Å². The molecule has 0 aliphatic carbocycles. The van der Waals surface area contributed by atoms with Gasteiger partial charge in [-0.2, -0.15) is 0 Å². The summed E-state index contributed by atoms with van der Waals surface area (Å²) >= 11 is 3.49. The van der Waals surface area contributed by atoms with Gasteiger partial charge in [0.1, 0.15) is 11.6 Å². The lowest BCUT2D eigenvalue weighted by Gasteiger charge is -2.32. The van der Waals surface area contributed by atoms with Crippen molar-refractivity contribution in [2.45, 2.75) is 12.5 Å². The van der Waals surface area contributed by atoms with E-state index in [2.05, 4.69) is 38.3 Å². The predicted octanol–water partition coefficient (Wildman–Crippen LogP) is 3.98. The highest BCUT2D eigenvalue weighted by atomic mass is 79.9. The predicted molar refractivity (Wildman–Crippen MR) is 98.0 cm³/mol. The van der Waals surface area contributed by atoms with Crippen LogP contribution in [0.25, 0.3) is 0 Å². The zero-order chi connectivity index (χ0) is 16.9. The van der Waals surface area contributed by atoms with Crippen LogP contribution in [0.2, 0.25) is 0 Å². The van der Waals surface area contributed by atoms with Gasteiger partial charge in [-0.25, -0.2) is 4.39 Å². The first kappa shape index (κ1) is 17.4. The highest BCUT2D eigenvalue weighted by Gasteiger charge is 2.26. The lowest BCUT2D eigenvalue weighted by atomic mass is 9.95. The van der Waals surface area contributed by atoms with Crippen molar-refractivity contribution in [2.24, 2.45) is 0 Å². The molecule has 1 fully saturated rings. The van der Waals surface area contributed by atoms with Crippen LogP contribution in [0.15, 0.2) is 46.9 Å². The Bertz CT molecular complexity index is 670. The molecule has 1 heterocycles. The molecular formula is C19H22BrFN2O. The number of nitrogens with zero attached hydrogens (tertiary/aromatic N) is 1. The second-order valence-electron chi connectivity index (χ2n) is 5.98. The van der Waals surface area contributed by atoms with Gasteiger partial charge in [-0.05, 0) is 48.9 Å². The minimum atomic E-state index is -0.235. The first-order valence-electron chi connectivity index (χ1n) is 8.22. The van der Waals surface area contributed by atoms with E-state index in [1.54, 1.807) is 19.2 Å². The standard InChI is InChI=1S/C19H22BrFN2O/c1-24-18-8-7-16(21)13-17(18)19(14-3-5-15(20)6-4-14)23-11-2-9-22-10-12-23/h3-8,13,19,22H,2,9-12H2,1H3. The number of rotatable bonds is 4. The van der Waals surface area contributed by atoms with Crippen molar-refractivity contribution in [2.75, 3.05) is 33.3 Å². The summed E-state index contributed by atoms with van der Waals surface area (Å²) in [7, 11) is 1.64. The largest absolute Gasteiger partial charge is 0.496 e. The number of methoxy groups -OCH3 is 1. The van der Waals surface area contributed by atoms with Crippen molar-refractivity contribution in [3.63, 3.8) is 0 Å². The molecule has 24 heavy (non-hydrogen) atoms. The molecule has 0 amide bonds. The Labute approximate surface area is 150 Å². The van der Waals surface area contributed by atoms with Gasteiger partial charge in [0.25, 0.3) is 0 Å². The molecule has 1 N–H and O–H groups in total. The molecule has 2 aromatic rings. The fraction of sp³-hybridized carbons (Fsp3) is 0.368. The maximum atomic E-state index is 14.0. The molecule has 3 nitrogen and oxygen atoms in total. The number of halogens is 2. The maximum absolute atomic E-state index is 14.0. The zero-order valence-corrected chi connectivity index (χ0v) is 15.4. The number of hydrogen-bond acceptors (Lipinski definition) is 3. The summed E-state index contributed by atoms with van der Waals surface area (Å²) in [6.45, 7) is 3.84. The summed E-state index contributed by atoms with van der Waals surface area (Å²) < 4.78 is 20.5. The Morgan fingerprint density at radius 3 is 2.67 bits per heavy atom. The Balaban J connectivity index is 2.07. The van der Waals surface area contributed by atoms with E-state index < -0.39 is 0 Å². The van der Waals surface area contributed by atoms with Gasteiger partial charge in [0.2, 0.25) is 0 Å². The van der Waals surface area contributed by atoms with Gasteiger partial charge in [-0.1, -0.05) is 28.1 Å². The molecule has 1 unspecified atom stereocenters. The summed E-state index contributed by atoms with van der Waals surface area (Å²) in [4.78, 5) is 2.40. The van der Waals surface area contributed by atoms with Crippen LogP contribution in [0, 0.1) is 5.82 Å². The zero-order valence-electron chi connectivity index (χ0n) is 13.8. The molecule has 0 aromatic heterocycles. The molecule has 1 saturated heterocycles. The molecule has 1 aliphatic heterocycles. The fourth-order valence-corrected chi connectivity index (χ4v) is 3.54. The number of nitrogens with one attached hydrogen (secondary N) is 1. The van der Waals surface area contributed by atoms with Gasteiger partial charge in [-0.3, -0.25) is 4.90 Å². The summed E-state index contributed by atoms with van der Waals surface area (Å²) in [5, 5.41) is 3.43. The lowest BCUT2D eigenvalue weighted by molar-refractivity contribution is 0.235. The molecule has 128 valence electrons. The summed E-state index contributed by atoms with van der Waals surface area (Å²) in [5.41, 5.74) is 2.02. The van der Waals surface area contributed by atoms with Crippen molar-refractivity contribution in [3.8, 4) is 5.75 Å². The summed E-state index contributed by atoms with van der Waals surface area (Å²) in [5.74, 6) is 0.488. The van der Waals surface area contributed by atoms with Gasteiger partial charge in [0.05, 0.1) is 13.2 Å². The molecule has 2 aromatic carbocycles. The number of hydrogen-bond donors (Lipinski definition) is 1. The van der Waals surface area contributed by atoms with Gasteiger partial charge >= 0.3 is 0 Å². The fourth-order valence-electron chi connectivity index (χ4n) is 3.28. The van der Waals surface area contributed by atoms with E-state index in [1.807, 2.05) is 12.1 Å². The molecule has 0 bridgehead atoms. The smallest absolute Gasteiger partial charge is 0.124 e. The third-order valence-corrected chi connectivity index (χ3v) is 4.94. The Morgan fingerprint density at radius 2 is 1.92 bits per heavy atom. The van der Waals surface area contributed by atoms with E-state index in [1.165, 1.54) is 6.07 Å². The second kappa shape index (κ2) is 8.10. The molecule has 1 aliphatic rings. The summed E-state index contributed by atoms with van der Waals surface area (Å²) in [6, 6.07) is 13.0. The van der Waals surface area contributed by atoms with Crippen LogP contribution in [-0.2, 0) is 0 Å². The van der Waals surface area contributed by atoms with Gasteiger partial charge in [0.15, 0.2) is 0 Å². The molecule has 0 radical (unpaired) electrons. The van der Waals surface area contributed by atoms with Crippen LogP contribution >= 0.6 is 15.9 Å². The van der Waals surface area contributed by atoms with E-state index in [4.69, 9.17) is 4.74 Å². The average Bonchev–Trinajstić information content (AvgIpc) is 2.86. The highest BCUT2D eigenvalue weighted by molar-refractivity contribution is 9.10. The van der Waals surface area contributed by atoms with E-state index in [0.717, 1.165) is 53.9 Å². The van der Waals surface area contributed by atoms with Crippen LogP contribution in [0.5, 0.6) is 5.75 Å². The third kappa shape index (κ3) is 3.97. The number of benzene rings is 2. The first-order chi connectivity index (χ1) is 11.7. The summed E-state index contributed by atoms with van der Waals surface area (Å²) in [6.07, 6.45) is 1.07. The highest BCUT2D eigenvalue weighted by Crippen LogP contribution is 2.36. The third-order valence-electron chi connectivity index (χ3n) is 4.41. The van der Waals surface area contributed by atoms with Gasteiger partial charge < -0.3 is 10.1 Å². The van der Waals surface area contributed by atoms with Crippen LogP contribution < -0.4 is 10.1 Å². The molecule has 3 rings (SSSR count). The lowest BCUT2D eigenvalue weighted by Crippen LogP contribution is -2.33. The molecule has 1 atom stereocenters. The Hall–Kier alpha value is -1.43. The van der Waals surface area contributed by atoms with Crippen LogP contribution in [0.1, 0.15) is 23.6 Å². The average molecular weight is 393 g/mol. The first-order valence-corrected chi connectivity index (χ1v) is 9.02. The van der Waals surface area contributed by atoms with Gasteiger partial charge in [-0.15, -0.1) is 0 Å². The van der Waals surface area contributed by atoms with Gasteiger partial charge in [0, 0.05) is 29.7 Å².